The van der Waals surface area contributed by atoms with Gasteiger partial charge in [0.1, 0.15) is 0 Å². The zero-order valence-corrected chi connectivity index (χ0v) is 18.1. The quantitative estimate of drug-likeness (QED) is 0.397. The van der Waals surface area contributed by atoms with E-state index in [1.54, 1.807) is 29.4 Å². The maximum atomic E-state index is 13.0. The van der Waals surface area contributed by atoms with E-state index in [1.807, 2.05) is 40.4 Å². The number of carbonyl (C=O) groups excluding carboxylic acids is 1. The van der Waals surface area contributed by atoms with Crippen LogP contribution in [-0.4, -0.2) is 35.6 Å². The minimum absolute atomic E-state index is 0.0189. The third kappa shape index (κ3) is 6.70. The smallest absolute Gasteiger partial charge is 0.385 e. The molecule has 166 valence electrons. The summed E-state index contributed by atoms with van der Waals surface area (Å²) in [6, 6.07) is 12.9. The molecule has 0 fully saturated rings. The lowest BCUT2D eigenvalue weighted by atomic mass is 10.1. The Hall–Kier alpha value is -2.58. The number of benzene rings is 1. The Balaban J connectivity index is 1.73. The van der Waals surface area contributed by atoms with Crippen LogP contribution in [0.4, 0.5) is 13.2 Å². The third-order valence-electron chi connectivity index (χ3n) is 4.92. The second-order valence-electron chi connectivity index (χ2n) is 7.24. The van der Waals surface area contributed by atoms with Crippen LogP contribution in [0.15, 0.2) is 60.1 Å². The van der Waals surface area contributed by atoms with Crippen LogP contribution in [0.2, 0.25) is 0 Å². The SMILES string of the molecule is COCCCN(Cc1cccn1Cc1cccc(C(F)(F)F)c1)C(=O)Cc1cccs1. The van der Waals surface area contributed by atoms with Crippen LogP contribution in [0.3, 0.4) is 0 Å². The van der Waals surface area contributed by atoms with Gasteiger partial charge in [-0.05, 0) is 47.7 Å². The van der Waals surface area contributed by atoms with Gasteiger partial charge < -0.3 is 14.2 Å². The van der Waals surface area contributed by atoms with Gasteiger partial charge in [-0.1, -0.05) is 18.2 Å². The molecule has 2 aromatic heterocycles. The normalized spacial score (nSPS) is 11.6. The van der Waals surface area contributed by atoms with E-state index in [1.165, 1.54) is 12.1 Å². The number of hydrogen-bond acceptors (Lipinski definition) is 3. The summed E-state index contributed by atoms with van der Waals surface area (Å²) in [4.78, 5) is 15.7. The van der Waals surface area contributed by atoms with E-state index in [-0.39, 0.29) is 5.91 Å². The average molecular weight is 451 g/mol. The fourth-order valence-corrected chi connectivity index (χ4v) is 4.05. The predicted octanol–water partition coefficient (Wildman–Crippen LogP) is 5.22. The highest BCUT2D eigenvalue weighted by atomic mass is 32.1. The van der Waals surface area contributed by atoms with Crippen LogP contribution >= 0.6 is 11.3 Å². The summed E-state index contributed by atoms with van der Waals surface area (Å²) in [5.41, 5.74) is 0.767. The monoisotopic (exact) mass is 450 g/mol. The first-order chi connectivity index (χ1) is 14.9. The fraction of sp³-hybridized carbons (Fsp3) is 0.348. The minimum atomic E-state index is -4.37. The molecule has 3 aromatic rings. The van der Waals surface area contributed by atoms with Crippen molar-refractivity contribution in [3.05, 3.63) is 81.8 Å². The summed E-state index contributed by atoms with van der Waals surface area (Å²) in [7, 11) is 1.62. The van der Waals surface area contributed by atoms with Gasteiger partial charge in [-0.2, -0.15) is 13.2 Å². The van der Waals surface area contributed by atoms with Crippen molar-refractivity contribution in [2.75, 3.05) is 20.3 Å². The number of rotatable bonds is 10. The Morgan fingerprint density at radius 3 is 2.71 bits per heavy atom. The van der Waals surface area contributed by atoms with Gasteiger partial charge in [0.05, 0.1) is 18.5 Å². The van der Waals surface area contributed by atoms with Gasteiger partial charge in [0.2, 0.25) is 5.91 Å². The molecular weight excluding hydrogens is 425 g/mol. The van der Waals surface area contributed by atoms with Crippen molar-refractivity contribution < 1.29 is 22.7 Å². The summed E-state index contributed by atoms with van der Waals surface area (Å²) < 4.78 is 46.1. The van der Waals surface area contributed by atoms with E-state index < -0.39 is 11.7 Å². The highest BCUT2D eigenvalue weighted by molar-refractivity contribution is 7.10. The van der Waals surface area contributed by atoms with Crippen LogP contribution < -0.4 is 0 Å². The molecule has 0 spiro atoms. The van der Waals surface area contributed by atoms with Crippen LogP contribution in [0.5, 0.6) is 0 Å². The molecule has 0 atom stereocenters. The van der Waals surface area contributed by atoms with Crippen LogP contribution in [0, 0.1) is 0 Å². The maximum Gasteiger partial charge on any atom is 0.416 e. The molecule has 0 radical (unpaired) electrons. The van der Waals surface area contributed by atoms with Crippen molar-refractivity contribution in [1.82, 2.24) is 9.47 Å². The van der Waals surface area contributed by atoms with Gasteiger partial charge >= 0.3 is 6.18 Å². The molecule has 0 saturated heterocycles. The summed E-state index contributed by atoms with van der Waals surface area (Å²) >= 11 is 1.54. The van der Waals surface area contributed by atoms with E-state index in [4.69, 9.17) is 4.74 Å². The number of nitrogens with zero attached hydrogens (tertiary/aromatic N) is 2. The van der Waals surface area contributed by atoms with E-state index in [2.05, 4.69) is 0 Å². The van der Waals surface area contributed by atoms with E-state index in [0.717, 1.165) is 16.6 Å². The molecule has 0 aliphatic carbocycles. The van der Waals surface area contributed by atoms with Gasteiger partial charge in [-0.15, -0.1) is 11.3 Å². The van der Waals surface area contributed by atoms with Crippen molar-refractivity contribution in [1.29, 1.82) is 0 Å². The van der Waals surface area contributed by atoms with Gasteiger partial charge in [-0.3, -0.25) is 4.79 Å². The summed E-state index contributed by atoms with van der Waals surface area (Å²) in [6.45, 7) is 1.79. The second kappa shape index (κ2) is 10.6. The molecule has 0 unspecified atom stereocenters. The van der Waals surface area contributed by atoms with Gasteiger partial charge in [-0.25, -0.2) is 0 Å². The Morgan fingerprint density at radius 1 is 1.16 bits per heavy atom. The number of halogens is 3. The zero-order valence-electron chi connectivity index (χ0n) is 17.3. The number of thiophene rings is 1. The van der Waals surface area contributed by atoms with E-state index in [9.17, 15) is 18.0 Å². The number of carbonyl (C=O) groups is 1. The fourth-order valence-electron chi connectivity index (χ4n) is 3.35. The number of amides is 1. The number of ether oxygens (including phenoxy) is 1. The topological polar surface area (TPSA) is 34.5 Å². The standard InChI is InChI=1S/C23H25F3N2O2S/c1-30-12-5-11-28(22(29)15-21-9-4-13-31-21)17-20-8-3-10-27(20)16-18-6-2-7-19(14-18)23(24,25)26/h2-4,6-10,13-14H,5,11-12,15-17H2,1H3. The van der Waals surface area contributed by atoms with Crippen LogP contribution in [0.1, 0.15) is 28.1 Å². The number of alkyl halides is 3. The van der Waals surface area contributed by atoms with Gasteiger partial charge in [0.25, 0.3) is 0 Å². The Morgan fingerprint density at radius 2 is 2.00 bits per heavy atom. The van der Waals surface area contributed by atoms with Crippen molar-refractivity contribution in [2.45, 2.75) is 32.1 Å². The first kappa shape index (κ1) is 23.1. The van der Waals surface area contributed by atoms with Crippen molar-refractivity contribution in [3.63, 3.8) is 0 Å². The highest BCUT2D eigenvalue weighted by Crippen LogP contribution is 2.29. The first-order valence-electron chi connectivity index (χ1n) is 9.96. The molecule has 0 N–H and O–H groups in total. The Labute approximate surface area is 183 Å². The molecule has 2 heterocycles. The van der Waals surface area contributed by atoms with Crippen LogP contribution in [-0.2, 0) is 35.2 Å². The van der Waals surface area contributed by atoms with Crippen molar-refractivity contribution in [2.24, 2.45) is 0 Å². The molecule has 0 saturated carbocycles. The molecule has 3 rings (SSSR count). The lowest BCUT2D eigenvalue weighted by Crippen LogP contribution is -2.34. The third-order valence-corrected chi connectivity index (χ3v) is 5.79. The number of hydrogen-bond donors (Lipinski definition) is 0. The molecule has 4 nitrogen and oxygen atoms in total. The zero-order chi connectivity index (χ0) is 22.3. The molecule has 1 aromatic carbocycles. The van der Waals surface area contributed by atoms with Gasteiger partial charge in [0.15, 0.2) is 0 Å². The lowest BCUT2D eigenvalue weighted by molar-refractivity contribution is -0.137. The Bertz CT molecular complexity index is 967. The maximum absolute atomic E-state index is 13.0. The summed E-state index contributed by atoms with van der Waals surface area (Å²) in [5.74, 6) is 0.0189. The second-order valence-corrected chi connectivity index (χ2v) is 8.28. The number of aromatic nitrogens is 1. The number of methoxy groups -OCH3 is 1. The van der Waals surface area contributed by atoms with Gasteiger partial charge in [0, 0.05) is 43.6 Å². The lowest BCUT2D eigenvalue weighted by Gasteiger charge is -2.24. The molecule has 0 aliphatic heterocycles. The van der Waals surface area contributed by atoms with E-state index in [0.29, 0.717) is 44.6 Å². The van der Waals surface area contributed by atoms with Crippen LogP contribution in [0.25, 0.3) is 0 Å². The molecule has 8 heteroatoms. The highest BCUT2D eigenvalue weighted by Gasteiger charge is 2.30. The molecule has 31 heavy (non-hydrogen) atoms. The van der Waals surface area contributed by atoms with E-state index >= 15 is 0 Å². The largest absolute Gasteiger partial charge is 0.416 e. The average Bonchev–Trinajstić information content (AvgIpc) is 3.39. The Kier molecular flexibility index (Phi) is 7.92. The minimum Gasteiger partial charge on any atom is -0.385 e. The first-order valence-corrected chi connectivity index (χ1v) is 10.8. The predicted molar refractivity (Wildman–Crippen MR) is 115 cm³/mol. The molecule has 0 bridgehead atoms. The summed E-state index contributed by atoms with van der Waals surface area (Å²) in [6.07, 6.45) is -1.51. The summed E-state index contributed by atoms with van der Waals surface area (Å²) in [5, 5.41) is 1.94. The molecule has 0 aliphatic rings. The van der Waals surface area contributed by atoms with Crippen molar-refractivity contribution >= 4 is 17.2 Å². The van der Waals surface area contributed by atoms with Crippen molar-refractivity contribution in [3.8, 4) is 0 Å². The molecule has 1 amide bonds. The molecular formula is C23H25F3N2O2S.